The molecular weight excluding hydrogens is 496 g/mol. The number of fused-ring (bicyclic) bond motifs is 1. The van der Waals surface area contributed by atoms with Crippen molar-refractivity contribution in [3.63, 3.8) is 0 Å². The minimum Gasteiger partial charge on any atom is -0.414 e. The zero-order valence-electron chi connectivity index (χ0n) is 23.3. The van der Waals surface area contributed by atoms with Crippen LogP contribution in [0, 0.1) is 0 Å². The molecule has 0 aliphatic carbocycles. The highest BCUT2D eigenvalue weighted by atomic mass is 28.5. The molecule has 3 rings (SSSR count). The molecule has 0 saturated carbocycles. The molecule has 3 heterocycles. The van der Waals surface area contributed by atoms with Crippen LogP contribution in [0.15, 0.2) is 17.1 Å². The molecule has 2 fully saturated rings. The predicted octanol–water partition coefficient (Wildman–Crippen LogP) is 3.57. The van der Waals surface area contributed by atoms with Crippen molar-refractivity contribution in [1.82, 2.24) is 14.9 Å². The van der Waals surface area contributed by atoms with E-state index in [0.29, 0.717) is 0 Å². The predicted molar refractivity (Wildman–Crippen MR) is 143 cm³/mol. The minimum absolute atomic E-state index is 0.103. The zero-order valence-corrected chi connectivity index (χ0v) is 25.3. The van der Waals surface area contributed by atoms with Crippen molar-refractivity contribution < 1.29 is 22.5 Å². The topological polar surface area (TPSA) is 127 Å². The van der Waals surface area contributed by atoms with Crippen LogP contribution < -0.4 is 16.7 Å². The molecule has 0 spiro atoms. The SMILES string of the molecule is CC(=O)N[C@]1(C)[C@@H]2O[Si](C(C)C)(C(C)C)O[Si](C(C)C)(C(C)C)OC[C@H]2O[C@H]1n1ccc(N)nc1=O. The molecule has 2 saturated heterocycles. The molecule has 0 aromatic carbocycles. The Hall–Kier alpha value is -1.58. The van der Waals surface area contributed by atoms with Crippen LogP contribution in [-0.2, 0) is 22.5 Å². The second-order valence-electron chi connectivity index (χ2n) is 11.5. The van der Waals surface area contributed by atoms with Gasteiger partial charge in [-0.25, -0.2) is 4.79 Å². The molecular formula is C24H44N4O6Si2. The summed E-state index contributed by atoms with van der Waals surface area (Å²) >= 11 is 0. The van der Waals surface area contributed by atoms with Gasteiger partial charge in [0.2, 0.25) is 5.91 Å². The second kappa shape index (κ2) is 10.3. The van der Waals surface area contributed by atoms with Crippen molar-refractivity contribution in [3.05, 3.63) is 22.7 Å². The van der Waals surface area contributed by atoms with E-state index in [1.54, 1.807) is 6.20 Å². The first kappa shape index (κ1) is 29.0. The number of aromatic nitrogens is 2. The fourth-order valence-corrected chi connectivity index (χ4v) is 17.1. The Balaban J connectivity index is 2.22. The highest BCUT2D eigenvalue weighted by Gasteiger charge is 2.65. The molecule has 2 aliphatic rings. The molecule has 36 heavy (non-hydrogen) atoms. The molecule has 10 nitrogen and oxygen atoms in total. The summed E-state index contributed by atoms with van der Waals surface area (Å²) < 4.78 is 29.2. The summed E-state index contributed by atoms with van der Waals surface area (Å²) in [6.45, 7) is 20.7. The van der Waals surface area contributed by atoms with Crippen LogP contribution in [0.25, 0.3) is 0 Å². The van der Waals surface area contributed by atoms with E-state index in [9.17, 15) is 9.59 Å². The minimum atomic E-state index is -2.98. The monoisotopic (exact) mass is 540 g/mol. The van der Waals surface area contributed by atoms with Crippen LogP contribution in [0.5, 0.6) is 0 Å². The Morgan fingerprint density at radius 1 is 1.11 bits per heavy atom. The number of nitrogen functional groups attached to an aromatic ring is 1. The van der Waals surface area contributed by atoms with Crippen molar-refractivity contribution in [2.45, 2.75) is 115 Å². The Morgan fingerprint density at radius 3 is 2.14 bits per heavy atom. The molecule has 3 N–H and O–H groups in total. The molecule has 1 amide bonds. The fourth-order valence-electron chi connectivity index (χ4n) is 5.82. The summed E-state index contributed by atoms with van der Waals surface area (Å²) in [6.07, 6.45) is -0.477. The number of nitrogens with one attached hydrogen (secondary N) is 1. The Bertz CT molecular complexity index is 1000. The largest absolute Gasteiger partial charge is 0.414 e. The molecule has 1 aromatic rings. The maximum absolute atomic E-state index is 12.9. The summed E-state index contributed by atoms with van der Waals surface area (Å²) in [4.78, 5) is 29.2. The third-order valence-electron chi connectivity index (χ3n) is 7.62. The van der Waals surface area contributed by atoms with Gasteiger partial charge in [0.1, 0.15) is 23.6 Å². The van der Waals surface area contributed by atoms with Gasteiger partial charge in [0.05, 0.1) is 6.61 Å². The molecule has 0 unspecified atom stereocenters. The summed E-state index contributed by atoms with van der Waals surface area (Å²) in [5, 5.41) is 3.05. The van der Waals surface area contributed by atoms with Crippen molar-refractivity contribution in [1.29, 1.82) is 0 Å². The van der Waals surface area contributed by atoms with Gasteiger partial charge in [-0.2, -0.15) is 4.98 Å². The van der Waals surface area contributed by atoms with Gasteiger partial charge in [-0.15, -0.1) is 0 Å². The fraction of sp³-hybridized carbons (Fsp3) is 0.792. The maximum Gasteiger partial charge on any atom is 0.351 e. The van der Waals surface area contributed by atoms with Crippen LogP contribution in [0.2, 0.25) is 22.2 Å². The van der Waals surface area contributed by atoms with Gasteiger partial charge < -0.3 is 28.8 Å². The first-order chi connectivity index (χ1) is 16.6. The van der Waals surface area contributed by atoms with Crippen LogP contribution in [0.4, 0.5) is 5.82 Å². The van der Waals surface area contributed by atoms with Crippen LogP contribution >= 0.6 is 0 Å². The Labute approximate surface area is 216 Å². The van der Waals surface area contributed by atoms with Gasteiger partial charge >= 0.3 is 22.8 Å². The van der Waals surface area contributed by atoms with E-state index in [-0.39, 0.29) is 40.5 Å². The normalized spacial score (nSPS) is 29.9. The number of hydrogen-bond acceptors (Lipinski definition) is 8. The number of nitrogens with two attached hydrogens (primary N) is 1. The van der Waals surface area contributed by atoms with E-state index in [0.717, 1.165) is 0 Å². The standard InChI is InChI=1S/C24H44N4O6Si2/c1-14(2)35(15(3)4)31-13-19-21(33-36(34-35,16(5)6)17(7)8)24(10,27-18(9)29)22(32-19)28-12-11-20(25)26-23(28)30/h11-12,14-17,19,21-22H,13H2,1-10H3,(H,27,29)(H2,25,26,30)/t19-,21-,22-,24-/m1/s1. The van der Waals surface area contributed by atoms with E-state index in [2.05, 4.69) is 65.7 Å². The van der Waals surface area contributed by atoms with Crippen molar-refractivity contribution >= 4 is 28.8 Å². The second-order valence-corrected chi connectivity index (χ2v) is 20.4. The van der Waals surface area contributed by atoms with Crippen molar-refractivity contribution in [3.8, 4) is 0 Å². The Morgan fingerprint density at radius 2 is 1.67 bits per heavy atom. The average Bonchev–Trinajstić information content (AvgIpc) is 2.97. The summed E-state index contributed by atoms with van der Waals surface area (Å²) in [7, 11) is -5.74. The Kier molecular flexibility index (Phi) is 8.29. The molecule has 2 aliphatic heterocycles. The summed E-state index contributed by atoms with van der Waals surface area (Å²) in [5.41, 5.74) is 4.65. The lowest BCUT2D eigenvalue weighted by molar-refractivity contribution is -0.123. The quantitative estimate of drug-likeness (QED) is 0.524. The number of carbonyl (C=O) groups is 1. The van der Waals surface area contributed by atoms with Crippen LogP contribution in [0.3, 0.4) is 0 Å². The van der Waals surface area contributed by atoms with E-state index in [4.69, 9.17) is 23.4 Å². The number of carbonyl (C=O) groups excluding carboxylic acids is 1. The average molecular weight is 541 g/mol. The van der Waals surface area contributed by atoms with Gasteiger partial charge in [-0.1, -0.05) is 55.4 Å². The first-order valence-electron chi connectivity index (χ1n) is 12.9. The molecule has 204 valence electrons. The maximum atomic E-state index is 12.9. The van der Waals surface area contributed by atoms with Crippen molar-refractivity contribution in [2.75, 3.05) is 12.3 Å². The number of nitrogens with zero attached hydrogens (tertiary/aromatic N) is 2. The molecule has 0 radical (unpaired) electrons. The van der Waals surface area contributed by atoms with E-state index in [1.165, 1.54) is 17.6 Å². The van der Waals surface area contributed by atoms with Crippen LogP contribution in [-0.4, -0.2) is 56.9 Å². The van der Waals surface area contributed by atoms with Gasteiger partial charge in [-0.3, -0.25) is 9.36 Å². The lowest BCUT2D eigenvalue weighted by Crippen LogP contribution is -2.68. The van der Waals surface area contributed by atoms with Gasteiger partial charge in [-0.05, 0) is 35.2 Å². The first-order valence-corrected chi connectivity index (χ1v) is 16.9. The number of anilines is 1. The van der Waals surface area contributed by atoms with E-state index >= 15 is 0 Å². The van der Waals surface area contributed by atoms with Gasteiger partial charge in [0.15, 0.2) is 6.23 Å². The van der Waals surface area contributed by atoms with E-state index < -0.39 is 46.8 Å². The molecule has 0 bridgehead atoms. The third kappa shape index (κ3) is 4.83. The molecule has 1 aromatic heterocycles. The molecule has 12 heteroatoms. The summed E-state index contributed by atoms with van der Waals surface area (Å²) in [6, 6.07) is 1.54. The lowest BCUT2D eigenvalue weighted by atomic mass is 9.92. The summed E-state index contributed by atoms with van der Waals surface area (Å²) in [5.74, 6) is -0.143. The lowest BCUT2D eigenvalue weighted by Gasteiger charge is -2.52. The van der Waals surface area contributed by atoms with Gasteiger partial charge in [0.25, 0.3) is 0 Å². The highest BCUT2D eigenvalue weighted by molar-refractivity contribution is 6.84. The molecule has 4 atom stereocenters. The smallest absolute Gasteiger partial charge is 0.351 e. The third-order valence-corrected chi connectivity index (χ3v) is 17.8. The number of amides is 1. The number of ether oxygens (including phenoxy) is 1. The van der Waals surface area contributed by atoms with E-state index in [1.807, 2.05) is 6.92 Å². The number of rotatable bonds is 6. The number of hydrogen-bond donors (Lipinski definition) is 2. The highest BCUT2D eigenvalue weighted by Crippen LogP contribution is 2.50. The van der Waals surface area contributed by atoms with Crippen LogP contribution in [0.1, 0.15) is 75.5 Å². The van der Waals surface area contributed by atoms with Gasteiger partial charge in [0, 0.05) is 13.1 Å². The zero-order chi connectivity index (χ0) is 27.2. The van der Waals surface area contributed by atoms with Crippen molar-refractivity contribution in [2.24, 2.45) is 0 Å².